The summed E-state index contributed by atoms with van der Waals surface area (Å²) >= 11 is 0. The van der Waals surface area contributed by atoms with Crippen molar-refractivity contribution in [1.29, 1.82) is 0 Å². The summed E-state index contributed by atoms with van der Waals surface area (Å²) in [6.07, 6.45) is 3.63. The number of nitrogens with zero attached hydrogens (tertiary/aromatic N) is 6. The van der Waals surface area contributed by atoms with Crippen molar-refractivity contribution in [2.45, 2.75) is 66.2 Å². The van der Waals surface area contributed by atoms with E-state index in [1.165, 1.54) is 0 Å². The summed E-state index contributed by atoms with van der Waals surface area (Å²) in [5.41, 5.74) is 3.42. The van der Waals surface area contributed by atoms with Gasteiger partial charge in [-0.25, -0.2) is 4.68 Å². The van der Waals surface area contributed by atoms with Gasteiger partial charge in [0.05, 0.1) is 11.6 Å². The number of pyridine rings is 2. The molecular weight excluding hydrogens is 426 g/mol. The third-order valence-electron chi connectivity index (χ3n) is 5.98. The van der Waals surface area contributed by atoms with E-state index in [-0.39, 0.29) is 23.1 Å². The average molecular weight is 460 g/mol. The number of fused-ring (bicyclic) bond motifs is 1. The molecule has 1 atom stereocenters. The van der Waals surface area contributed by atoms with Crippen molar-refractivity contribution >= 4 is 10.9 Å². The van der Waals surface area contributed by atoms with Gasteiger partial charge < -0.3 is 4.98 Å². The topological polar surface area (TPSA) is 92.6 Å². The lowest BCUT2D eigenvalue weighted by Gasteiger charge is -2.35. The maximum absolute atomic E-state index is 13.1. The zero-order valence-electron chi connectivity index (χ0n) is 20.8. The molecule has 1 N–H and O–H groups in total. The molecule has 0 fully saturated rings. The number of hydrogen-bond donors (Lipinski definition) is 1. The fourth-order valence-electron chi connectivity index (χ4n) is 4.43. The minimum atomic E-state index is -0.274. The Balaban J connectivity index is 1.81. The highest BCUT2D eigenvalue weighted by Crippen LogP contribution is 2.32. The fourth-order valence-corrected chi connectivity index (χ4v) is 4.43. The summed E-state index contributed by atoms with van der Waals surface area (Å²) < 4.78 is 1.89. The van der Waals surface area contributed by atoms with Gasteiger partial charge in [-0.3, -0.25) is 14.7 Å². The van der Waals surface area contributed by atoms with E-state index in [0.717, 1.165) is 27.9 Å². The second-order valence-electron chi connectivity index (χ2n) is 10.3. The van der Waals surface area contributed by atoms with Crippen LogP contribution in [0.5, 0.6) is 0 Å². The van der Waals surface area contributed by atoms with E-state index in [1.807, 2.05) is 35.1 Å². The smallest absolute Gasteiger partial charge is 0.252 e. The Labute approximate surface area is 200 Å². The molecule has 0 amide bonds. The van der Waals surface area contributed by atoms with Crippen LogP contribution in [0.25, 0.3) is 10.9 Å². The molecule has 1 aromatic carbocycles. The molecule has 0 aliphatic carbocycles. The Bertz CT molecular complexity index is 1320. The summed E-state index contributed by atoms with van der Waals surface area (Å²) in [5, 5.41) is 13.8. The van der Waals surface area contributed by atoms with E-state index >= 15 is 0 Å². The van der Waals surface area contributed by atoms with Crippen LogP contribution in [0.2, 0.25) is 0 Å². The van der Waals surface area contributed by atoms with Crippen LogP contribution in [0, 0.1) is 12.8 Å². The lowest BCUT2D eigenvalue weighted by molar-refractivity contribution is 0.119. The first kappa shape index (κ1) is 23.8. The van der Waals surface area contributed by atoms with Crippen molar-refractivity contribution in [2.75, 3.05) is 0 Å². The van der Waals surface area contributed by atoms with Crippen LogP contribution in [0.4, 0.5) is 0 Å². The molecule has 4 rings (SSSR count). The van der Waals surface area contributed by atoms with E-state index in [0.29, 0.717) is 18.7 Å². The minimum Gasteiger partial charge on any atom is -0.322 e. The van der Waals surface area contributed by atoms with Crippen molar-refractivity contribution in [3.63, 3.8) is 0 Å². The van der Waals surface area contributed by atoms with Crippen LogP contribution in [-0.2, 0) is 18.6 Å². The van der Waals surface area contributed by atoms with E-state index in [9.17, 15) is 4.79 Å². The summed E-state index contributed by atoms with van der Waals surface area (Å²) in [6, 6.07) is 11.9. The quantitative estimate of drug-likeness (QED) is 0.441. The molecule has 0 spiro atoms. The van der Waals surface area contributed by atoms with Gasteiger partial charge in [-0.2, -0.15) is 0 Å². The molecule has 178 valence electrons. The van der Waals surface area contributed by atoms with Gasteiger partial charge in [0.15, 0.2) is 5.82 Å². The predicted molar refractivity (Wildman–Crippen MR) is 133 cm³/mol. The Morgan fingerprint density at radius 1 is 1.12 bits per heavy atom. The van der Waals surface area contributed by atoms with Crippen LogP contribution in [0.1, 0.15) is 63.2 Å². The van der Waals surface area contributed by atoms with Gasteiger partial charge in [-0.1, -0.05) is 31.5 Å². The maximum Gasteiger partial charge on any atom is 0.252 e. The van der Waals surface area contributed by atoms with E-state index in [2.05, 4.69) is 84.1 Å². The average Bonchev–Trinajstić information content (AvgIpc) is 3.25. The highest BCUT2D eigenvalue weighted by Gasteiger charge is 2.33. The number of hydrogen-bond acceptors (Lipinski definition) is 6. The van der Waals surface area contributed by atoms with Crippen LogP contribution >= 0.6 is 0 Å². The number of rotatable bonds is 7. The van der Waals surface area contributed by atoms with Crippen molar-refractivity contribution in [1.82, 2.24) is 35.1 Å². The van der Waals surface area contributed by atoms with Crippen LogP contribution in [0.15, 0.2) is 53.6 Å². The lowest BCUT2D eigenvalue weighted by Crippen LogP contribution is -2.37. The first-order valence-corrected chi connectivity index (χ1v) is 11.7. The van der Waals surface area contributed by atoms with Gasteiger partial charge in [-0.05, 0) is 79.3 Å². The Kier molecular flexibility index (Phi) is 6.61. The van der Waals surface area contributed by atoms with Gasteiger partial charge in [0.25, 0.3) is 5.56 Å². The molecule has 8 heteroatoms. The fraction of sp³-hybridized carbons (Fsp3) is 0.423. The van der Waals surface area contributed by atoms with Crippen molar-refractivity contribution < 1.29 is 0 Å². The number of H-pyrrole nitrogens is 1. The molecule has 0 radical (unpaired) electrons. The van der Waals surface area contributed by atoms with Gasteiger partial charge in [0, 0.05) is 36.6 Å². The standard InChI is InChI=1S/C26H33N7O/c1-17(2)23(24-29-30-31-33(24)26(4,5)6)32(15-19-8-7-11-27-14-19)16-21-13-20-12-18(3)9-10-22(20)28-25(21)34/h7-14,17,23H,15-16H2,1-6H3,(H,28,34). The normalized spacial score (nSPS) is 13.2. The number of tetrazole rings is 1. The SMILES string of the molecule is Cc1ccc2[nH]c(=O)c(CN(Cc3cccnc3)C(c3nnnn3C(C)(C)C)C(C)C)cc2c1. The van der Waals surface area contributed by atoms with E-state index in [1.54, 1.807) is 6.20 Å². The second kappa shape index (κ2) is 9.46. The number of nitrogens with one attached hydrogen (secondary N) is 1. The zero-order chi connectivity index (χ0) is 24.5. The van der Waals surface area contributed by atoms with Gasteiger partial charge >= 0.3 is 0 Å². The summed E-state index contributed by atoms with van der Waals surface area (Å²) in [4.78, 5) is 22.7. The van der Waals surface area contributed by atoms with Crippen molar-refractivity contribution in [3.05, 3.63) is 81.7 Å². The van der Waals surface area contributed by atoms with Crippen LogP contribution in [-0.4, -0.2) is 35.1 Å². The molecule has 0 aliphatic heterocycles. The number of aryl methyl sites for hydroxylation is 1. The Hall–Kier alpha value is -3.39. The third kappa shape index (κ3) is 5.07. The van der Waals surface area contributed by atoms with E-state index in [4.69, 9.17) is 0 Å². The summed E-state index contributed by atoms with van der Waals surface area (Å²) in [6.45, 7) is 13.7. The molecule has 0 saturated carbocycles. The second-order valence-corrected chi connectivity index (χ2v) is 10.3. The van der Waals surface area contributed by atoms with Gasteiger partial charge in [0.2, 0.25) is 0 Å². The molecule has 0 aliphatic rings. The van der Waals surface area contributed by atoms with Crippen molar-refractivity contribution in [3.8, 4) is 0 Å². The Morgan fingerprint density at radius 3 is 2.59 bits per heavy atom. The van der Waals surface area contributed by atoms with Crippen LogP contribution in [0.3, 0.4) is 0 Å². The molecule has 8 nitrogen and oxygen atoms in total. The molecule has 0 saturated heterocycles. The maximum atomic E-state index is 13.1. The molecule has 3 heterocycles. The van der Waals surface area contributed by atoms with Crippen LogP contribution < -0.4 is 5.56 Å². The van der Waals surface area contributed by atoms with Gasteiger partial charge in [0.1, 0.15) is 0 Å². The first-order chi connectivity index (χ1) is 16.1. The Morgan fingerprint density at radius 2 is 1.91 bits per heavy atom. The number of benzene rings is 1. The number of aromatic amines is 1. The molecule has 4 aromatic rings. The molecule has 1 unspecified atom stereocenters. The predicted octanol–water partition coefficient (Wildman–Crippen LogP) is 4.37. The first-order valence-electron chi connectivity index (χ1n) is 11.7. The minimum absolute atomic E-state index is 0.0783. The third-order valence-corrected chi connectivity index (χ3v) is 5.98. The molecule has 3 aromatic heterocycles. The van der Waals surface area contributed by atoms with Gasteiger partial charge in [-0.15, -0.1) is 5.10 Å². The van der Waals surface area contributed by atoms with E-state index < -0.39 is 0 Å². The zero-order valence-corrected chi connectivity index (χ0v) is 20.8. The summed E-state index contributed by atoms with van der Waals surface area (Å²) in [7, 11) is 0. The highest BCUT2D eigenvalue weighted by molar-refractivity contribution is 5.79. The highest BCUT2D eigenvalue weighted by atomic mass is 16.1. The molecule has 34 heavy (non-hydrogen) atoms. The van der Waals surface area contributed by atoms with Crippen molar-refractivity contribution in [2.24, 2.45) is 5.92 Å². The largest absolute Gasteiger partial charge is 0.322 e. The summed E-state index contributed by atoms with van der Waals surface area (Å²) in [5.74, 6) is 0.991. The molecule has 0 bridgehead atoms. The molecular formula is C26H33N7O. The number of aromatic nitrogens is 6. The monoisotopic (exact) mass is 459 g/mol. The lowest BCUT2D eigenvalue weighted by atomic mass is 9.98.